The summed E-state index contributed by atoms with van der Waals surface area (Å²) in [5, 5.41) is 0. The highest BCUT2D eigenvalue weighted by molar-refractivity contribution is 8.01. The first kappa shape index (κ1) is 20.1. The van der Waals surface area contributed by atoms with Crippen LogP contribution in [-0.2, 0) is 19.1 Å². The average Bonchev–Trinajstić information content (AvgIpc) is 3.24. The zero-order chi connectivity index (χ0) is 20.6. The maximum Gasteiger partial charge on any atom is 0.330 e. The number of thioether (sulfide) groups is 1. The Hall–Kier alpha value is -2.22. The lowest BCUT2D eigenvalue weighted by atomic mass is 10.2. The minimum Gasteiger partial charge on any atom is -0.451 e. The molecule has 0 aromatic heterocycles. The molecule has 0 radical (unpaired) electrons. The Morgan fingerprint density at radius 1 is 1.17 bits per heavy atom. The molecule has 3 aliphatic heterocycles. The molecule has 4 rings (SSSR count). The monoisotopic (exact) mass is 417 g/mol. The summed E-state index contributed by atoms with van der Waals surface area (Å²) in [4.78, 5) is 43.1. The summed E-state index contributed by atoms with van der Waals surface area (Å²) >= 11 is 1.62. The summed E-state index contributed by atoms with van der Waals surface area (Å²) in [7, 11) is 0. The molecule has 156 valence electrons. The van der Waals surface area contributed by atoms with Crippen molar-refractivity contribution in [3.63, 3.8) is 0 Å². The molecular weight excluding hydrogens is 390 g/mol. The molecule has 0 unspecified atom stereocenters. The van der Waals surface area contributed by atoms with Gasteiger partial charge in [-0.2, -0.15) is 0 Å². The van der Waals surface area contributed by atoms with Gasteiger partial charge in [0.15, 0.2) is 6.10 Å². The number of esters is 1. The lowest BCUT2D eigenvalue weighted by molar-refractivity contribution is -0.164. The van der Waals surface area contributed by atoms with Crippen LogP contribution in [0.3, 0.4) is 0 Å². The third kappa shape index (κ3) is 3.82. The number of carbonyl (C=O) groups is 3. The average molecular weight is 418 g/mol. The molecule has 1 aromatic rings. The molecule has 0 spiro atoms. The molecule has 7 nitrogen and oxygen atoms in total. The highest BCUT2D eigenvalue weighted by Crippen LogP contribution is 2.47. The van der Waals surface area contributed by atoms with Gasteiger partial charge in [0.25, 0.3) is 5.91 Å². The van der Waals surface area contributed by atoms with Crippen LogP contribution < -0.4 is 4.90 Å². The fourth-order valence-electron chi connectivity index (χ4n) is 4.38. The van der Waals surface area contributed by atoms with E-state index >= 15 is 0 Å². The first-order valence-electron chi connectivity index (χ1n) is 10.1. The van der Waals surface area contributed by atoms with Crippen molar-refractivity contribution in [3.8, 4) is 0 Å². The number of anilines is 1. The van der Waals surface area contributed by atoms with Gasteiger partial charge in [-0.1, -0.05) is 18.2 Å². The predicted octanol–water partition coefficient (Wildman–Crippen LogP) is 1.72. The van der Waals surface area contributed by atoms with Crippen LogP contribution in [0.15, 0.2) is 30.3 Å². The van der Waals surface area contributed by atoms with Gasteiger partial charge in [-0.15, -0.1) is 11.8 Å². The van der Waals surface area contributed by atoms with Crippen LogP contribution in [0.5, 0.6) is 0 Å². The number of piperazine rings is 1. The van der Waals surface area contributed by atoms with Crippen LogP contribution in [-0.4, -0.2) is 76.5 Å². The highest BCUT2D eigenvalue weighted by atomic mass is 32.2. The highest BCUT2D eigenvalue weighted by Gasteiger charge is 2.53. The van der Waals surface area contributed by atoms with E-state index < -0.39 is 18.1 Å². The third-order valence-electron chi connectivity index (χ3n) is 6.07. The van der Waals surface area contributed by atoms with Crippen molar-refractivity contribution in [1.82, 2.24) is 9.80 Å². The van der Waals surface area contributed by atoms with E-state index in [9.17, 15) is 14.4 Å². The van der Waals surface area contributed by atoms with E-state index in [-0.39, 0.29) is 16.7 Å². The normalized spacial score (nSPS) is 27.7. The van der Waals surface area contributed by atoms with E-state index in [0.29, 0.717) is 25.3 Å². The number of rotatable bonds is 4. The largest absolute Gasteiger partial charge is 0.451 e. The number of para-hydroxylation sites is 1. The van der Waals surface area contributed by atoms with Gasteiger partial charge < -0.3 is 19.4 Å². The summed E-state index contributed by atoms with van der Waals surface area (Å²) in [6, 6.07) is 9.53. The smallest absolute Gasteiger partial charge is 0.330 e. The zero-order valence-corrected chi connectivity index (χ0v) is 17.7. The molecule has 3 atom stereocenters. The van der Waals surface area contributed by atoms with Crippen molar-refractivity contribution in [2.45, 2.75) is 43.7 Å². The van der Waals surface area contributed by atoms with Crippen LogP contribution in [0.25, 0.3) is 0 Å². The van der Waals surface area contributed by atoms with Crippen molar-refractivity contribution in [2.24, 2.45) is 0 Å². The maximum atomic E-state index is 12.8. The summed E-state index contributed by atoms with van der Waals surface area (Å²) in [5.74, 6) is -0.125. The number of benzene rings is 1. The summed E-state index contributed by atoms with van der Waals surface area (Å²) < 4.78 is 5.51. The van der Waals surface area contributed by atoms with Gasteiger partial charge in [0.1, 0.15) is 6.04 Å². The second kappa shape index (κ2) is 7.89. The maximum absolute atomic E-state index is 12.8. The van der Waals surface area contributed by atoms with Crippen molar-refractivity contribution < 1.29 is 19.1 Å². The second-order valence-electron chi connectivity index (χ2n) is 7.99. The number of nitrogens with zero attached hydrogens (tertiary/aromatic N) is 3. The first-order chi connectivity index (χ1) is 13.9. The fraction of sp³-hybridized carbons (Fsp3) is 0.571. The van der Waals surface area contributed by atoms with Gasteiger partial charge >= 0.3 is 5.97 Å². The standard InChI is InChI=1S/C21H27N3O4S/c1-15(28-20(27)17-14-29-21(2)9-8-18(25)24(17)21)19(26)23-12-10-22(11-13-23)16-6-4-3-5-7-16/h3-7,15,17H,8-14H2,1-2H3/t15-,17+,21+/m1/s1. The van der Waals surface area contributed by atoms with Gasteiger partial charge in [0.2, 0.25) is 5.91 Å². The number of amides is 2. The molecule has 8 heteroatoms. The molecular formula is C21H27N3O4S. The van der Waals surface area contributed by atoms with Crippen LogP contribution in [0.2, 0.25) is 0 Å². The van der Waals surface area contributed by atoms with E-state index in [1.165, 1.54) is 0 Å². The lowest BCUT2D eigenvalue weighted by Gasteiger charge is -2.37. The van der Waals surface area contributed by atoms with Gasteiger partial charge in [0, 0.05) is 44.0 Å². The van der Waals surface area contributed by atoms with Crippen molar-refractivity contribution >= 4 is 35.2 Å². The first-order valence-corrected chi connectivity index (χ1v) is 11.1. The quantitative estimate of drug-likeness (QED) is 0.695. The lowest BCUT2D eigenvalue weighted by Crippen LogP contribution is -2.53. The molecule has 1 aromatic carbocycles. The van der Waals surface area contributed by atoms with Crippen LogP contribution >= 0.6 is 11.8 Å². The number of ether oxygens (including phenoxy) is 1. The predicted molar refractivity (Wildman–Crippen MR) is 112 cm³/mol. The number of hydrogen-bond donors (Lipinski definition) is 0. The van der Waals surface area contributed by atoms with E-state index in [2.05, 4.69) is 17.0 Å². The molecule has 0 saturated carbocycles. The van der Waals surface area contributed by atoms with Gasteiger partial charge in [-0.3, -0.25) is 9.59 Å². The summed E-state index contributed by atoms with van der Waals surface area (Å²) in [6.45, 7) is 6.30. The summed E-state index contributed by atoms with van der Waals surface area (Å²) in [6.07, 6.45) is 0.369. The van der Waals surface area contributed by atoms with Gasteiger partial charge in [-0.05, 0) is 32.4 Å². The zero-order valence-electron chi connectivity index (χ0n) is 16.9. The molecule has 3 heterocycles. The second-order valence-corrected chi connectivity index (χ2v) is 9.49. The number of fused-ring (bicyclic) bond motifs is 1. The molecule has 3 aliphatic rings. The Morgan fingerprint density at radius 3 is 2.55 bits per heavy atom. The topological polar surface area (TPSA) is 70.2 Å². The van der Waals surface area contributed by atoms with E-state index in [1.807, 2.05) is 25.1 Å². The van der Waals surface area contributed by atoms with E-state index in [4.69, 9.17) is 4.74 Å². The molecule has 2 amide bonds. The Kier molecular flexibility index (Phi) is 5.46. The van der Waals surface area contributed by atoms with Crippen molar-refractivity contribution in [2.75, 3.05) is 36.8 Å². The number of hydrogen-bond acceptors (Lipinski definition) is 6. The molecule has 0 aliphatic carbocycles. The Bertz CT molecular complexity index is 796. The summed E-state index contributed by atoms with van der Waals surface area (Å²) in [5.41, 5.74) is 1.15. The van der Waals surface area contributed by atoms with Crippen molar-refractivity contribution in [1.29, 1.82) is 0 Å². The minimum absolute atomic E-state index is 0.00420. The van der Waals surface area contributed by atoms with Crippen LogP contribution in [0.1, 0.15) is 26.7 Å². The van der Waals surface area contributed by atoms with Crippen LogP contribution in [0.4, 0.5) is 5.69 Å². The number of carbonyl (C=O) groups excluding carboxylic acids is 3. The fourth-order valence-corrected chi connectivity index (χ4v) is 5.80. The van der Waals surface area contributed by atoms with Crippen LogP contribution in [0, 0.1) is 0 Å². The third-order valence-corrected chi connectivity index (χ3v) is 7.58. The Balaban J connectivity index is 1.31. The Morgan fingerprint density at radius 2 is 1.86 bits per heavy atom. The Labute approximate surface area is 175 Å². The SMILES string of the molecule is C[C@@H](OC(=O)[C@@H]1CS[C@@]2(C)CCC(=O)N12)C(=O)N1CCN(c2ccccc2)CC1. The molecule has 0 bridgehead atoms. The van der Waals surface area contributed by atoms with E-state index in [0.717, 1.165) is 25.2 Å². The molecule has 3 fully saturated rings. The van der Waals surface area contributed by atoms with Gasteiger partial charge in [0.05, 0.1) is 4.87 Å². The molecule has 29 heavy (non-hydrogen) atoms. The minimum atomic E-state index is -0.847. The van der Waals surface area contributed by atoms with Crippen molar-refractivity contribution in [3.05, 3.63) is 30.3 Å². The van der Waals surface area contributed by atoms with Gasteiger partial charge in [-0.25, -0.2) is 4.79 Å². The molecule has 0 N–H and O–H groups in total. The van der Waals surface area contributed by atoms with E-state index in [1.54, 1.807) is 28.5 Å². The molecule has 3 saturated heterocycles.